The molecule has 1 aliphatic carbocycles. The molecule has 4 nitrogen and oxygen atoms in total. The van der Waals surface area contributed by atoms with Crippen LogP contribution in [0.1, 0.15) is 19.8 Å². The molecule has 1 rings (SSSR count). The van der Waals surface area contributed by atoms with Gasteiger partial charge in [0.05, 0.1) is 4.75 Å². The van der Waals surface area contributed by atoms with Crippen molar-refractivity contribution in [1.82, 2.24) is 4.72 Å². The summed E-state index contributed by atoms with van der Waals surface area (Å²) in [6, 6.07) is 0. The van der Waals surface area contributed by atoms with Crippen LogP contribution in [0.3, 0.4) is 0 Å². The lowest BCUT2D eigenvalue weighted by atomic mass is 10.4. The quantitative estimate of drug-likeness (QED) is 0.683. The number of sulfonamides is 1. The van der Waals surface area contributed by atoms with Crippen LogP contribution >= 0.6 is 12.4 Å². The summed E-state index contributed by atoms with van der Waals surface area (Å²) in [4.78, 5) is 0. The van der Waals surface area contributed by atoms with E-state index in [0.29, 0.717) is 19.4 Å². The number of hydrogen-bond acceptors (Lipinski definition) is 3. The second-order valence-corrected chi connectivity index (χ2v) is 5.05. The normalized spacial score (nSPS) is 19.8. The maximum absolute atomic E-state index is 11.4. The van der Waals surface area contributed by atoms with Crippen molar-refractivity contribution < 1.29 is 8.42 Å². The fraction of sp³-hybridized carbons (Fsp3) is 1.00. The number of rotatable bonds is 4. The van der Waals surface area contributed by atoms with E-state index < -0.39 is 14.8 Å². The van der Waals surface area contributed by atoms with Crippen molar-refractivity contribution in [3.63, 3.8) is 0 Å². The van der Waals surface area contributed by atoms with Crippen LogP contribution in [0, 0.1) is 0 Å². The summed E-state index contributed by atoms with van der Waals surface area (Å²) in [5.41, 5.74) is 5.37. The topological polar surface area (TPSA) is 72.2 Å². The number of nitrogens with one attached hydrogen (secondary N) is 1. The number of nitrogens with two attached hydrogens (primary N) is 1. The third-order valence-electron chi connectivity index (χ3n) is 2.08. The van der Waals surface area contributed by atoms with Crippen LogP contribution in [0.4, 0.5) is 0 Å². The predicted molar refractivity (Wildman–Crippen MR) is 50.9 cm³/mol. The molecular weight excluding hydrogens is 200 g/mol. The standard InChI is InChI=1S/C6H14N2O2S.ClH/c1-2-8-11(9,10)6(5-7)3-4-6;/h8H,2-5,7H2,1H3;1H. The monoisotopic (exact) mass is 214 g/mol. The van der Waals surface area contributed by atoms with Gasteiger partial charge in [0.1, 0.15) is 0 Å². The smallest absolute Gasteiger partial charge is 0.218 e. The molecular formula is C6H15ClN2O2S. The molecule has 1 fully saturated rings. The zero-order valence-corrected chi connectivity index (χ0v) is 8.67. The first-order chi connectivity index (χ1) is 5.08. The molecule has 0 aromatic heterocycles. The lowest BCUT2D eigenvalue weighted by molar-refractivity contribution is 0.564. The van der Waals surface area contributed by atoms with Crippen LogP contribution in [0.25, 0.3) is 0 Å². The molecule has 0 amide bonds. The van der Waals surface area contributed by atoms with Gasteiger partial charge in [-0.3, -0.25) is 0 Å². The van der Waals surface area contributed by atoms with Crippen molar-refractivity contribution >= 4 is 22.4 Å². The average molecular weight is 215 g/mol. The molecule has 74 valence electrons. The summed E-state index contributed by atoms with van der Waals surface area (Å²) in [6.07, 6.45) is 1.41. The molecule has 1 saturated carbocycles. The van der Waals surface area contributed by atoms with E-state index in [0.717, 1.165) is 0 Å². The maximum atomic E-state index is 11.4. The Morgan fingerprint density at radius 2 is 2.00 bits per heavy atom. The summed E-state index contributed by atoms with van der Waals surface area (Å²) >= 11 is 0. The van der Waals surface area contributed by atoms with Gasteiger partial charge in [0.25, 0.3) is 0 Å². The van der Waals surface area contributed by atoms with Gasteiger partial charge in [0.15, 0.2) is 0 Å². The zero-order valence-electron chi connectivity index (χ0n) is 7.04. The van der Waals surface area contributed by atoms with Gasteiger partial charge in [-0.05, 0) is 12.8 Å². The van der Waals surface area contributed by atoms with Crippen molar-refractivity contribution in [2.45, 2.75) is 24.5 Å². The first-order valence-electron chi connectivity index (χ1n) is 3.77. The Morgan fingerprint density at radius 3 is 2.25 bits per heavy atom. The van der Waals surface area contributed by atoms with Gasteiger partial charge in [-0.25, -0.2) is 13.1 Å². The molecule has 0 saturated heterocycles. The van der Waals surface area contributed by atoms with E-state index in [9.17, 15) is 8.42 Å². The lowest BCUT2D eigenvalue weighted by Gasteiger charge is -2.12. The third-order valence-corrected chi connectivity index (χ3v) is 4.47. The van der Waals surface area contributed by atoms with Gasteiger partial charge < -0.3 is 5.73 Å². The molecule has 0 heterocycles. The Bertz CT molecular complexity index is 236. The van der Waals surface area contributed by atoms with Gasteiger partial charge in [-0.2, -0.15) is 0 Å². The molecule has 1 aliphatic rings. The molecule has 6 heteroatoms. The second-order valence-electron chi connectivity index (χ2n) is 2.89. The molecule has 3 N–H and O–H groups in total. The second kappa shape index (κ2) is 3.91. The van der Waals surface area contributed by atoms with Crippen molar-refractivity contribution in [3.05, 3.63) is 0 Å². The van der Waals surface area contributed by atoms with E-state index in [4.69, 9.17) is 5.73 Å². The Balaban J connectivity index is 0.00000121. The minimum Gasteiger partial charge on any atom is -0.329 e. The summed E-state index contributed by atoms with van der Waals surface area (Å²) < 4.78 is 24.6. The van der Waals surface area contributed by atoms with Gasteiger partial charge in [0.2, 0.25) is 10.0 Å². The summed E-state index contributed by atoms with van der Waals surface area (Å²) in [7, 11) is -3.12. The van der Waals surface area contributed by atoms with E-state index in [-0.39, 0.29) is 19.0 Å². The molecule has 0 atom stereocenters. The van der Waals surface area contributed by atoms with Crippen LogP contribution in [0.2, 0.25) is 0 Å². The Morgan fingerprint density at radius 1 is 1.50 bits per heavy atom. The van der Waals surface area contributed by atoms with Crippen LogP contribution < -0.4 is 10.5 Å². The fourth-order valence-corrected chi connectivity index (χ4v) is 2.61. The average Bonchev–Trinajstić information content (AvgIpc) is 2.66. The Hall–Kier alpha value is 0.160. The number of hydrogen-bond donors (Lipinski definition) is 2. The minimum atomic E-state index is -3.12. The molecule has 0 aromatic carbocycles. The van der Waals surface area contributed by atoms with E-state index in [1.165, 1.54) is 0 Å². The highest BCUT2D eigenvalue weighted by molar-refractivity contribution is 7.91. The molecule has 12 heavy (non-hydrogen) atoms. The molecule has 0 bridgehead atoms. The van der Waals surface area contributed by atoms with Gasteiger partial charge >= 0.3 is 0 Å². The Labute approximate surface area is 79.4 Å². The largest absolute Gasteiger partial charge is 0.329 e. The van der Waals surface area contributed by atoms with Crippen molar-refractivity contribution in [1.29, 1.82) is 0 Å². The molecule has 0 aliphatic heterocycles. The summed E-state index contributed by atoms with van der Waals surface area (Å²) in [5, 5.41) is 0. The third kappa shape index (κ3) is 1.90. The highest BCUT2D eigenvalue weighted by Crippen LogP contribution is 2.41. The fourth-order valence-electron chi connectivity index (χ4n) is 1.07. The summed E-state index contributed by atoms with van der Waals surface area (Å²) in [5.74, 6) is 0. The van der Waals surface area contributed by atoms with Crippen LogP contribution in [0.15, 0.2) is 0 Å². The van der Waals surface area contributed by atoms with Crippen LogP contribution in [-0.2, 0) is 10.0 Å². The predicted octanol–water partition coefficient (Wildman–Crippen LogP) is -0.161. The SMILES string of the molecule is CCNS(=O)(=O)C1(CN)CC1.Cl. The molecule has 0 radical (unpaired) electrons. The minimum absolute atomic E-state index is 0. The summed E-state index contributed by atoms with van der Waals surface area (Å²) in [6.45, 7) is 2.45. The highest BCUT2D eigenvalue weighted by Gasteiger charge is 2.52. The molecule has 0 aromatic rings. The van der Waals surface area contributed by atoms with E-state index >= 15 is 0 Å². The van der Waals surface area contributed by atoms with E-state index in [1.54, 1.807) is 6.92 Å². The van der Waals surface area contributed by atoms with Gasteiger partial charge in [-0.1, -0.05) is 6.92 Å². The number of halogens is 1. The van der Waals surface area contributed by atoms with Crippen LogP contribution in [0.5, 0.6) is 0 Å². The molecule has 0 spiro atoms. The first kappa shape index (κ1) is 12.2. The van der Waals surface area contributed by atoms with Crippen molar-refractivity contribution in [3.8, 4) is 0 Å². The first-order valence-corrected chi connectivity index (χ1v) is 5.25. The highest BCUT2D eigenvalue weighted by atomic mass is 35.5. The van der Waals surface area contributed by atoms with E-state index in [1.807, 2.05) is 0 Å². The van der Waals surface area contributed by atoms with Crippen molar-refractivity contribution in [2.75, 3.05) is 13.1 Å². The van der Waals surface area contributed by atoms with Crippen LogP contribution in [-0.4, -0.2) is 26.3 Å². The maximum Gasteiger partial charge on any atom is 0.218 e. The van der Waals surface area contributed by atoms with Gasteiger partial charge in [-0.15, -0.1) is 12.4 Å². The van der Waals surface area contributed by atoms with Gasteiger partial charge in [0, 0.05) is 13.1 Å². The zero-order chi connectivity index (χ0) is 8.54. The van der Waals surface area contributed by atoms with E-state index in [2.05, 4.69) is 4.72 Å². The molecule has 0 unspecified atom stereocenters. The Kier molecular flexibility index (Phi) is 3.96. The lowest BCUT2D eigenvalue weighted by Crippen LogP contribution is -2.40. The van der Waals surface area contributed by atoms with Crippen molar-refractivity contribution in [2.24, 2.45) is 5.73 Å².